The van der Waals surface area contributed by atoms with Gasteiger partial charge in [-0.25, -0.2) is 13.1 Å². The monoisotopic (exact) mass is 511 g/mol. The standard InChI is InChI=1S/C25H35Cl2N3O2S/c1-3-28-18-21(20-9-10-23(26)24(27)17-20)13-16-30-14-11-19(12-15-30)22-7-5-6-8-25(22)33(31,32)29-4-2/h5-10,17,19,21,28-29H,3-4,11-16,18H2,1-2H3. The zero-order valence-corrected chi connectivity index (χ0v) is 21.8. The van der Waals surface area contributed by atoms with Gasteiger partial charge in [-0.05, 0) is 86.6 Å². The number of piperidine rings is 1. The zero-order chi connectivity index (χ0) is 23.8. The first-order valence-electron chi connectivity index (χ1n) is 11.8. The fourth-order valence-electron chi connectivity index (χ4n) is 4.61. The van der Waals surface area contributed by atoms with Crippen molar-refractivity contribution in [3.8, 4) is 0 Å². The summed E-state index contributed by atoms with van der Waals surface area (Å²) in [6.07, 6.45) is 2.95. The number of nitrogens with zero attached hydrogens (tertiary/aromatic N) is 1. The number of rotatable bonds is 11. The molecule has 5 nitrogen and oxygen atoms in total. The molecule has 1 aliphatic heterocycles. The molecular formula is C25H35Cl2N3O2S. The fraction of sp³-hybridized carbons (Fsp3) is 0.520. The van der Waals surface area contributed by atoms with Crippen LogP contribution in [0.2, 0.25) is 10.0 Å². The molecule has 2 aromatic rings. The van der Waals surface area contributed by atoms with Gasteiger partial charge >= 0.3 is 0 Å². The molecular weight excluding hydrogens is 477 g/mol. The molecule has 0 aromatic heterocycles. The van der Waals surface area contributed by atoms with Crippen LogP contribution in [0.25, 0.3) is 0 Å². The number of nitrogens with one attached hydrogen (secondary N) is 2. The van der Waals surface area contributed by atoms with Crippen LogP contribution in [0.3, 0.4) is 0 Å². The number of likely N-dealkylation sites (tertiary alicyclic amines) is 1. The molecule has 2 N–H and O–H groups in total. The van der Waals surface area contributed by atoms with Crippen molar-refractivity contribution in [1.82, 2.24) is 14.9 Å². The Bertz CT molecular complexity index is 1010. The highest BCUT2D eigenvalue weighted by Crippen LogP contribution is 2.33. The van der Waals surface area contributed by atoms with Crippen molar-refractivity contribution in [2.24, 2.45) is 0 Å². The maximum atomic E-state index is 12.7. The van der Waals surface area contributed by atoms with Crippen LogP contribution in [0.4, 0.5) is 0 Å². The van der Waals surface area contributed by atoms with Crippen LogP contribution in [0.15, 0.2) is 47.4 Å². The van der Waals surface area contributed by atoms with Gasteiger partial charge in [0.15, 0.2) is 0 Å². The third-order valence-electron chi connectivity index (χ3n) is 6.42. The maximum Gasteiger partial charge on any atom is 0.240 e. The number of halogens is 2. The summed E-state index contributed by atoms with van der Waals surface area (Å²) >= 11 is 12.4. The van der Waals surface area contributed by atoms with Crippen LogP contribution in [0.5, 0.6) is 0 Å². The lowest BCUT2D eigenvalue weighted by Crippen LogP contribution is -2.35. The van der Waals surface area contributed by atoms with Crippen LogP contribution >= 0.6 is 23.2 Å². The van der Waals surface area contributed by atoms with Crippen LogP contribution < -0.4 is 10.0 Å². The van der Waals surface area contributed by atoms with Gasteiger partial charge in [0.05, 0.1) is 14.9 Å². The minimum Gasteiger partial charge on any atom is -0.316 e. The van der Waals surface area contributed by atoms with E-state index in [2.05, 4.69) is 27.9 Å². The molecule has 2 aromatic carbocycles. The van der Waals surface area contributed by atoms with E-state index in [-0.39, 0.29) is 5.92 Å². The first-order valence-corrected chi connectivity index (χ1v) is 14.1. The van der Waals surface area contributed by atoms with E-state index < -0.39 is 10.0 Å². The van der Waals surface area contributed by atoms with Crippen molar-refractivity contribution in [2.45, 2.75) is 49.8 Å². The number of likely N-dealkylation sites (N-methyl/N-ethyl adjacent to an activating group) is 1. The normalized spacial score (nSPS) is 16.7. The number of sulfonamides is 1. The quantitative estimate of drug-likeness (QED) is 0.432. The summed E-state index contributed by atoms with van der Waals surface area (Å²) in [7, 11) is -3.46. The molecule has 0 amide bonds. The second kappa shape index (κ2) is 12.5. The Morgan fingerprint density at radius 2 is 1.76 bits per heavy atom. The van der Waals surface area contributed by atoms with E-state index in [4.69, 9.17) is 23.2 Å². The lowest BCUT2D eigenvalue weighted by Gasteiger charge is -2.34. The third-order valence-corrected chi connectivity index (χ3v) is 8.78. The van der Waals surface area contributed by atoms with Crippen molar-refractivity contribution in [2.75, 3.05) is 39.3 Å². The minimum absolute atomic E-state index is 0.263. The van der Waals surface area contributed by atoms with E-state index in [9.17, 15) is 8.42 Å². The van der Waals surface area contributed by atoms with E-state index in [0.29, 0.717) is 27.4 Å². The van der Waals surface area contributed by atoms with Gasteiger partial charge < -0.3 is 10.2 Å². The van der Waals surface area contributed by atoms with Crippen LogP contribution in [0.1, 0.15) is 56.1 Å². The van der Waals surface area contributed by atoms with Crippen LogP contribution in [0, 0.1) is 0 Å². The Balaban J connectivity index is 1.61. The van der Waals surface area contributed by atoms with Gasteiger partial charge in [-0.15, -0.1) is 0 Å². The summed E-state index contributed by atoms with van der Waals surface area (Å²) in [5.74, 6) is 0.627. The summed E-state index contributed by atoms with van der Waals surface area (Å²) in [5.41, 5.74) is 2.15. The molecule has 0 radical (unpaired) electrons. The van der Waals surface area contributed by atoms with Crippen molar-refractivity contribution in [1.29, 1.82) is 0 Å². The van der Waals surface area contributed by atoms with E-state index in [1.807, 2.05) is 24.3 Å². The van der Waals surface area contributed by atoms with Gasteiger partial charge in [-0.3, -0.25) is 0 Å². The average molecular weight is 513 g/mol. The minimum atomic E-state index is -3.46. The lowest BCUT2D eigenvalue weighted by atomic mass is 9.89. The van der Waals surface area contributed by atoms with Crippen molar-refractivity contribution in [3.05, 3.63) is 63.6 Å². The maximum absolute atomic E-state index is 12.7. The molecule has 1 heterocycles. The predicted octanol–water partition coefficient (Wildman–Crippen LogP) is 5.25. The molecule has 8 heteroatoms. The fourth-order valence-corrected chi connectivity index (χ4v) is 6.25. The Kier molecular flexibility index (Phi) is 10.0. The molecule has 1 saturated heterocycles. The van der Waals surface area contributed by atoms with Gasteiger partial charge in [0.25, 0.3) is 0 Å². The lowest BCUT2D eigenvalue weighted by molar-refractivity contribution is 0.204. The van der Waals surface area contributed by atoms with E-state index >= 15 is 0 Å². The highest BCUT2D eigenvalue weighted by Gasteiger charge is 2.27. The van der Waals surface area contributed by atoms with Crippen molar-refractivity contribution >= 4 is 33.2 Å². The van der Waals surface area contributed by atoms with Gasteiger partial charge in [0.1, 0.15) is 0 Å². The molecule has 0 spiro atoms. The molecule has 0 saturated carbocycles. The Morgan fingerprint density at radius 1 is 1.03 bits per heavy atom. The second-order valence-corrected chi connectivity index (χ2v) is 11.2. The Labute approximate surface area is 208 Å². The number of hydrogen-bond acceptors (Lipinski definition) is 4. The smallest absolute Gasteiger partial charge is 0.240 e. The summed E-state index contributed by atoms with van der Waals surface area (Å²) in [5, 5.41) is 4.65. The average Bonchev–Trinajstić information content (AvgIpc) is 2.81. The third kappa shape index (κ3) is 7.17. The summed E-state index contributed by atoms with van der Waals surface area (Å²) < 4.78 is 28.0. The molecule has 1 fully saturated rings. The Morgan fingerprint density at radius 3 is 2.42 bits per heavy atom. The van der Waals surface area contributed by atoms with Crippen LogP contribution in [-0.4, -0.2) is 52.6 Å². The molecule has 1 unspecified atom stereocenters. The van der Waals surface area contributed by atoms with Gasteiger partial charge in [0, 0.05) is 13.1 Å². The van der Waals surface area contributed by atoms with Gasteiger partial charge in [-0.2, -0.15) is 0 Å². The van der Waals surface area contributed by atoms with E-state index in [1.165, 1.54) is 5.56 Å². The zero-order valence-electron chi connectivity index (χ0n) is 19.5. The molecule has 0 bridgehead atoms. The highest BCUT2D eigenvalue weighted by molar-refractivity contribution is 7.89. The van der Waals surface area contributed by atoms with E-state index in [1.54, 1.807) is 19.1 Å². The van der Waals surface area contributed by atoms with Crippen LogP contribution in [-0.2, 0) is 10.0 Å². The summed E-state index contributed by atoms with van der Waals surface area (Å²) in [6.45, 7) is 9.08. The number of benzene rings is 2. The second-order valence-electron chi connectivity index (χ2n) is 8.62. The van der Waals surface area contributed by atoms with Gasteiger partial charge in [-0.1, -0.05) is 61.3 Å². The van der Waals surface area contributed by atoms with E-state index in [0.717, 1.165) is 57.5 Å². The Hall–Kier alpha value is -1.15. The molecule has 182 valence electrons. The molecule has 0 aliphatic carbocycles. The number of hydrogen-bond donors (Lipinski definition) is 2. The largest absolute Gasteiger partial charge is 0.316 e. The molecule has 1 aliphatic rings. The summed E-state index contributed by atoms with van der Waals surface area (Å²) in [4.78, 5) is 2.92. The molecule has 33 heavy (non-hydrogen) atoms. The first-order chi connectivity index (χ1) is 15.9. The predicted molar refractivity (Wildman–Crippen MR) is 138 cm³/mol. The molecule has 1 atom stereocenters. The summed E-state index contributed by atoms with van der Waals surface area (Å²) in [6, 6.07) is 13.4. The van der Waals surface area contributed by atoms with Crippen molar-refractivity contribution < 1.29 is 8.42 Å². The van der Waals surface area contributed by atoms with Gasteiger partial charge in [0.2, 0.25) is 10.0 Å². The van der Waals surface area contributed by atoms with Crippen molar-refractivity contribution in [3.63, 3.8) is 0 Å². The molecule has 3 rings (SSSR count). The topological polar surface area (TPSA) is 61.4 Å². The SMILES string of the molecule is CCNCC(CCN1CCC(c2ccccc2S(=O)(=O)NCC)CC1)c1ccc(Cl)c(Cl)c1. The first kappa shape index (κ1) is 26.5. The highest BCUT2D eigenvalue weighted by atomic mass is 35.5.